The minimum Gasteiger partial charge on any atom is -0.346 e. The normalized spacial score (nSPS) is 23.9. The molecular weight excluding hydrogens is 264 g/mol. The number of nitrogens with zero attached hydrogens (tertiary/aromatic N) is 1. The summed E-state index contributed by atoms with van der Waals surface area (Å²) in [5.74, 6) is 0.778. The van der Waals surface area contributed by atoms with E-state index in [1.54, 1.807) is 6.20 Å². The molecule has 0 bridgehead atoms. The van der Waals surface area contributed by atoms with Crippen LogP contribution < -0.4 is 11.1 Å². The van der Waals surface area contributed by atoms with Crippen LogP contribution in [-0.4, -0.2) is 21.9 Å². The predicted molar refractivity (Wildman–Crippen MR) is 83.8 cm³/mol. The molecule has 3 rings (SSSR count). The van der Waals surface area contributed by atoms with Crippen molar-refractivity contribution in [2.75, 3.05) is 5.32 Å². The molecule has 4 N–H and O–H groups in total. The number of hydrogen-bond acceptors (Lipinski definition) is 3. The van der Waals surface area contributed by atoms with Crippen LogP contribution in [0.4, 0.5) is 5.69 Å². The first-order valence-electron chi connectivity index (χ1n) is 7.63. The van der Waals surface area contributed by atoms with Crippen LogP contribution in [0.3, 0.4) is 0 Å². The Labute approximate surface area is 124 Å². The first-order valence-corrected chi connectivity index (χ1v) is 7.63. The van der Waals surface area contributed by atoms with Crippen molar-refractivity contribution < 1.29 is 4.79 Å². The van der Waals surface area contributed by atoms with Gasteiger partial charge in [0.1, 0.15) is 5.65 Å². The number of carbonyl (C=O) groups excluding carboxylic acids is 1. The average molecular weight is 286 g/mol. The highest BCUT2D eigenvalue weighted by Crippen LogP contribution is 2.31. The van der Waals surface area contributed by atoms with Crippen molar-refractivity contribution in [1.82, 2.24) is 9.97 Å². The second-order valence-electron chi connectivity index (χ2n) is 6.06. The minimum atomic E-state index is 0.0992. The fraction of sp³-hybridized carbons (Fsp3) is 0.500. The van der Waals surface area contributed by atoms with Crippen molar-refractivity contribution in [1.29, 1.82) is 0 Å². The summed E-state index contributed by atoms with van der Waals surface area (Å²) in [6, 6.07) is 4.01. The Morgan fingerprint density at radius 3 is 2.86 bits per heavy atom. The average Bonchev–Trinajstić information content (AvgIpc) is 2.97. The number of nitrogens with two attached hydrogens (primary N) is 1. The molecule has 0 saturated heterocycles. The van der Waals surface area contributed by atoms with E-state index in [4.69, 9.17) is 5.73 Å². The van der Waals surface area contributed by atoms with Crippen LogP contribution in [0.1, 0.15) is 32.6 Å². The maximum absolute atomic E-state index is 12.4. The summed E-state index contributed by atoms with van der Waals surface area (Å²) in [5.41, 5.74) is 7.59. The topological polar surface area (TPSA) is 83.8 Å². The number of rotatable bonds is 3. The summed E-state index contributed by atoms with van der Waals surface area (Å²) < 4.78 is 0. The standard InChI is InChI=1S/C16H22N4O/c1-10(17)11-2-4-12(5-3-11)16(21)20-14-7-9-19-15-13(14)6-8-18-15/h6-12H,2-5,17H2,1H3,(H2,18,19,20,21)/t10-,11-,12-/m1/s1. The van der Waals surface area contributed by atoms with Gasteiger partial charge in [-0.25, -0.2) is 4.98 Å². The molecule has 5 nitrogen and oxygen atoms in total. The van der Waals surface area contributed by atoms with E-state index in [0.717, 1.165) is 42.4 Å². The van der Waals surface area contributed by atoms with Gasteiger partial charge in [-0.3, -0.25) is 4.79 Å². The number of amides is 1. The lowest BCUT2D eigenvalue weighted by molar-refractivity contribution is -0.121. The molecule has 1 aliphatic carbocycles. The number of hydrogen-bond donors (Lipinski definition) is 3. The SMILES string of the molecule is C[C@@H](N)[C@H]1CC[C@H](C(=O)Nc2ccnc3[nH]ccc23)CC1. The van der Waals surface area contributed by atoms with Gasteiger partial charge in [0, 0.05) is 29.7 Å². The first kappa shape index (κ1) is 14.1. The molecule has 21 heavy (non-hydrogen) atoms. The molecule has 0 radical (unpaired) electrons. The molecule has 2 aromatic heterocycles. The van der Waals surface area contributed by atoms with Crippen molar-refractivity contribution in [2.24, 2.45) is 17.6 Å². The Morgan fingerprint density at radius 2 is 2.14 bits per heavy atom. The molecular formula is C16H22N4O. The Balaban J connectivity index is 1.66. The van der Waals surface area contributed by atoms with E-state index in [-0.39, 0.29) is 17.9 Å². The first-order chi connectivity index (χ1) is 10.1. The lowest BCUT2D eigenvalue weighted by Gasteiger charge is -2.30. The van der Waals surface area contributed by atoms with Crippen molar-refractivity contribution in [2.45, 2.75) is 38.6 Å². The number of aromatic nitrogens is 2. The van der Waals surface area contributed by atoms with Crippen molar-refractivity contribution in [3.05, 3.63) is 24.5 Å². The van der Waals surface area contributed by atoms with Gasteiger partial charge in [0.2, 0.25) is 5.91 Å². The summed E-state index contributed by atoms with van der Waals surface area (Å²) in [6.45, 7) is 2.06. The number of aromatic amines is 1. The van der Waals surface area contributed by atoms with E-state index >= 15 is 0 Å². The summed E-state index contributed by atoms with van der Waals surface area (Å²) in [6.07, 6.45) is 7.50. The Hall–Kier alpha value is -1.88. The number of H-pyrrole nitrogens is 1. The number of nitrogens with one attached hydrogen (secondary N) is 2. The van der Waals surface area contributed by atoms with E-state index < -0.39 is 0 Å². The van der Waals surface area contributed by atoms with Gasteiger partial charge >= 0.3 is 0 Å². The quantitative estimate of drug-likeness (QED) is 0.811. The van der Waals surface area contributed by atoms with Crippen LogP contribution in [-0.2, 0) is 4.79 Å². The predicted octanol–water partition coefficient (Wildman–Crippen LogP) is 2.66. The van der Waals surface area contributed by atoms with Gasteiger partial charge in [0.15, 0.2) is 0 Å². The second kappa shape index (κ2) is 5.85. The fourth-order valence-corrected chi connectivity index (χ4v) is 3.21. The van der Waals surface area contributed by atoms with Crippen LogP contribution in [0.5, 0.6) is 0 Å². The third-order valence-electron chi connectivity index (χ3n) is 4.60. The van der Waals surface area contributed by atoms with Crippen molar-refractivity contribution >= 4 is 22.6 Å². The number of anilines is 1. The molecule has 1 atom stereocenters. The van der Waals surface area contributed by atoms with Crippen LogP contribution in [0.2, 0.25) is 0 Å². The lowest BCUT2D eigenvalue weighted by Crippen LogP contribution is -2.33. The number of carbonyl (C=O) groups is 1. The van der Waals surface area contributed by atoms with Gasteiger partial charge in [-0.2, -0.15) is 0 Å². The Morgan fingerprint density at radius 1 is 1.38 bits per heavy atom. The maximum Gasteiger partial charge on any atom is 0.227 e. The molecule has 1 amide bonds. The van der Waals surface area contributed by atoms with E-state index in [2.05, 4.69) is 22.2 Å². The zero-order chi connectivity index (χ0) is 14.8. The zero-order valence-electron chi connectivity index (χ0n) is 12.3. The summed E-state index contributed by atoms with van der Waals surface area (Å²) in [4.78, 5) is 19.7. The lowest BCUT2D eigenvalue weighted by atomic mass is 9.79. The molecule has 1 fully saturated rings. The van der Waals surface area contributed by atoms with Gasteiger partial charge in [-0.05, 0) is 50.7 Å². The minimum absolute atomic E-state index is 0.0992. The molecule has 1 saturated carbocycles. The molecule has 0 aromatic carbocycles. The van der Waals surface area contributed by atoms with E-state index in [1.807, 2.05) is 18.3 Å². The summed E-state index contributed by atoms with van der Waals surface area (Å²) in [5, 5.41) is 4.01. The van der Waals surface area contributed by atoms with Crippen LogP contribution in [0.15, 0.2) is 24.5 Å². The van der Waals surface area contributed by atoms with Crippen molar-refractivity contribution in [3.63, 3.8) is 0 Å². The summed E-state index contributed by atoms with van der Waals surface area (Å²) in [7, 11) is 0. The van der Waals surface area contributed by atoms with Crippen LogP contribution in [0.25, 0.3) is 11.0 Å². The van der Waals surface area contributed by atoms with Gasteiger partial charge in [-0.1, -0.05) is 0 Å². The third-order valence-corrected chi connectivity index (χ3v) is 4.60. The van der Waals surface area contributed by atoms with E-state index in [0.29, 0.717) is 5.92 Å². The third kappa shape index (κ3) is 2.93. The Bertz CT molecular complexity index is 626. The highest BCUT2D eigenvalue weighted by Gasteiger charge is 2.28. The maximum atomic E-state index is 12.4. The highest BCUT2D eigenvalue weighted by atomic mass is 16.1. The zero-order valence-corrected chi connectivity index (χ0v) is 12.3. The molecule has 2 heterocycles. The highest BCUT2D eigenvalue weighted by molar-refractivity contribution is 6.00. The van der Waals surface area contributed by atoms with Gasteiger partial charge < -0.3 is 16.0 Å². The molecule has 0 spiro atoms. The number of fused-ring (bicyclic) bond motifs is 1. The smallest absolute Gasteiger partial charge is 0.227 e. The number of pyridine rings is 1. The molecule has 5 heteroatoms. The van der Waals surface area contributed by atoms with E-state index in [1.165, 1.54) is 0 Å². The second-order valence-corrected chi connectivity index (χ2v) is 6.06. The van der Waals surface area contributed by atoms with Gasteiger partial charge in [0.25, 0.3) is 0 Å². The van der Waals surface area contributed by atoms with Crippen LogP contribution in [0, 0.1) is 11.8 Å². The van der Waals surface area contributed by atoms with Crippen LogP contribution >= 0.6 is 0 Å². The summed E-state index contributed by atoms with van der Waals surface area (Å²) >= 11 is 0. The molecule has 1 aliphatic rings. The molecule has 2 aromatic rings. The van der Waals surface area contributed by atoms with Gasteiger partial charge in [-0.15, -0.1) is 0 Å². The monoisotopic (exact) mass is 286 g/mol. The largest absolute Gasteiger partial charge is 0.346 e. The molecule has 0 aliphatic heterocycles. The molecule has 0 unspecified atom stereocenters. The van der Waals surface area contributed by atoms with Gasteiger partial charge in [0.05, 0.1) is 5.69 Å². The van der Waals surface area contributed by atoms with E-state index in [9.17, 15) is 4.79 Å². The fourth-order valence-electron chi connectivity index (χ4n) is 3.21. The Kier molecular flexibility index (Phi) is 3.92. The van der Waals surface area contributed by atoms with Crippen molar-refractivity contribution in [3.8, 4) is 0 Å². The molecule has 112 valence electrons.